The second-order valence-corrected chi connectivity index (χ2v) is 5.19. The summed E-state index contributed by atoms with van der Waals surface area (Å²) in [7, 11) is 0. The molecule has 0 saturated heterocycles. The van der Waals surface area contributed by atoms with E-state index in [-0.39, 0.29) is 6.04 Å². The van der Waals surface area contributed by atoms with Crippen LogP contribution < -0.4 is 5.73 Å². The van der Waals surface area contributed by atoms with Crippen molar-refractivity contribution in [3.63, 3.8) is 0 Å². The first-order chi connectivity index (χ1) is 7.77. The van der Waals surface area contributed by atoms with E-state index in [0.29, 0.717) is 5.92 Å². The van der Waals surface area contributed by atoms with E-state index in [4.69, 9.17) is 5.73 Å². The lowest BCUT2D eigenvalue weighted by Gasteiger charge is -2.22. The Bertz CT molecular complexity index is 307. The smallest absolute Gasteiger partial charge is 0.0323 e. The molecule has 2 N–H and O–H groups in total. The van der Waals surface area contributed by atoms with E-state index in [0.717, 1.165) is 0 Å². The summed E-state index contributed by atoms with van der Waals surface area (Å²) in [6.07, 6.45) is 8.16. The first kappa shape index (κ1) is 11.7. The summed E-state index contributed by atoms with van der Waals surface area (Å²) in [6, 6.07) is 8.99. The van der Waals surface area contributed by atoms with Gasteiger partial charge in [-0.2, -0.15) is 0 Å². The molecule has 88 valence electrons. The summed E-state index contributed by atoms with van der Waals surface area (Å²) >= 11 is 0. The minimum absolute atomic E-state index is 0.249. The molecule has 1 nitrogen and oxygen atoms in total. The third kappa shape index (κ3) is 2.85. The zero-order valence-electron chi connectivity index (χ0n) is 10.3. The second-order valence-electron chi connectivity index (χ2n) is 5.19. The molecule has 1 saturated carbocycles. The van der Waals surface area contributed by atoms with E-state index < -0.39 is 0 Å². The zero-order valence-corrected chi connectivity index (χ0v) is 10.3. The summed E-state index contributed by atoms with van der Waals surface area (Å²) in [5.41, 5.74) is 9.02. The van der Waals surface area contributed by atoms with Gasteiger partial charge in [-0.1, -0.05) is 55.5 Å². The molecule has 0 aromatic heterocycles. The van der Waals surface area contributed by atoms with Crippen molar-refractivity contribution >= 4 is 0 Å². The van der Waals surface area contributed by atoms with Crippen LogP contribution >= 0.6 is 0 Å². The first-order valence-corrected chi connectivity index (χ1v) is 6.59. The van der Waals surface area contributed by atoms with Crippen LogP contribution in [-0.4, -0.2) is 0 Å². The van der Waals surface area contributed by atoms with Crippen LogP contribution in [0.15, 0.2) is 24.3 Å². The molecule has 1 aromatic rings. The van der Waals surface area contributed by atoms with E-state index >= 15 is 0 Å². The molecule has 16 heavy (non-hydrogen) atoms. The van der Waals surface area contributed by atoms with Crippen molar-refractivity contribution in [2.75, 3.05) is 0 Å². The van der Waals surface area contributed by atoms with Gasteiger partial charge in [0.15, 0.2) is 0 Å². The largest absolute Gasteiger partial charge is 0.324 e. The van der Waals surface area contributed by atoms with E-state index in [1.807, 2.05) is 0 Å². The molecule has 1 aliphatic carbocycles. The standard InChI is InChI=1S/C15H23N/c1-12-8-10-14(11-9-12)15(16)13-6-4-2-3-5-7-13/h8-11,13,15H,2-7,16H2,1H3. The third-order valence-corrected chi connectivity index (χ3v) is 3.87. The molecule has 1 fully saturated rings. The SMILES string of the molecule is Cc1ccc(C(N)C2CCCCCC2)cc1. The topological polar surface area (TPSA) is 26.0 Å². The molecule has 1 atom stereocenters. The first-order valence-electron chi connectivity index (χ1n) is 6.59. The number of nitrogens with two attached hydrogens (primary N) is 1. The number of hydrogen-bond donors (Lipinski definition) is 1. The average molecular weight is 217 g/mol. The summed E-state index contributed by atoms with van der Waals surface area (Å²) in [6.45, 7) is 2.13. The highest BCUT2D eigenvalue weighted by Crippen LogP contribution is 2.31. The maximum Gasteiger partial charge on any atom is 0.0323 e. The fourth-order valence-corrected chi connectivity index (χ4v) is 2.73. The third-order valence-electron chi connectivity index (χ3n) is 3.87. The van der Waals surface area contributed by atoms with Gasteiger partial charge in [-0.3, -0.25) is 0 Å². The Labute approximate surface area is 99.0 Å². The van der Waals surface area contributed by atoms with Gasteiger partial charge in [0.05, 0.1) is 0 Å². The van der Waals surface area contributed by atoms with Crippen LogP contribution in [0.4, 0.5) is 0 Å². The molecule has 1 heteroatoms. The maximum absolute atomic E-state index is 6.39. The van der Waals surface area contributed by atoms with Gasteiger partial charge in [-0.05, 0) is 31.2 Å². The molecule has 0 aliphatic heterocycles. The number of hydrogen-bond acceptors (Lipinski definition) is 1. The Morgan fingerprint density at radius 1 is 1.00 bits per heavy atom. The van der Waals surface area contributed by atoms with Crippen molar-refractivity contribution in [3.05, 3.63) is 35.4 Å². The normalized spacial score (nSPS) is 20.4. The van der Waals surface area contributed by atoms with Crippen LogP contribution in [0.2, 0.25) is 0 Å². The van der Waals surface area contributed by atoms with Crippen LogP contribution in [0.25, 0.3) is 0 Å². The summed E-state index contributed by atoms with van der Waals surface area (Å²) in [5, 5.41) is 0. The lowest BCUT2D eigenvalue weighted by Crippen LogP contribution is -2.21. The Morgan fingerprint density at radius 3 is 2.12 bits per heavy atom. The lowest BCUT2D eigenvalue weighted by molar-refractivity contribution is 0.382. The summed E-state index contributed by atoms with van der Waals surface area (Å²) < 4.78 is 0. The molecule has 0 radical (unpaired) electrons. The Balaban J connectivity index is 2.04. The fraction of sp³-hybridized carbons (Fsp3) is 0.600. The highest BCUT2D eigenvalue weighted by atomic mass is 14.7. The number of aryl methyl sites for hydroxylation is 1. The van der Waals surface area contributed by atoms with Gasteiger partial charge in [0.1, 0.15) is 0 Å². The molecular formula is C15H23N. The van der Waals surface area contributed by atoms with Gasteiger partial charge in [0.2, 0.25) is 0 Å². The summed E-state index contributed by atoms with van der Waals surface area (Å²) in [4.78, 5) is 0. The molecule has 0 spiro atoms. The van der Waals surface area contributed by atoms with E-state index in [1.54, 1.807) is 0 Å². The van der Waals surface area contributed by atoms with Crippen LogP contribution in [0.3, 0.4) is 0 Å². The Kier molecular flexibility index (Phi) is 4.00. The molecule has 1 aliphatic rings. The van der Waals surface area contributed by atoms with Crippen molar-refractivity contribution in [1.82, 2.24) is 0 Å². The van der Waals surface area contributed by atoms with Gasteiger partial charge < -0.3 is 5.73 Å². The van der Waals surface area contributed by atoms with Gasteiger partial charge in [-0.15, -0.1) is 0 Å². The highest BCUT2D eigenvalue weighted by molar-refractivity contribution is 5.24. The second kappa shape index (κ2) is 5.49. The monoisotopic (exact) mass is 217 g/mol. The van der Waals surface area contributed by atoms with Gasteiger partial charge in [-0.25, -0.2) is 0 Å². The number of rotatable bonds is 2. The van der Waals surface area contributed by atoms with Crippen molar-refractivity contribution < 1.29 is 0 Å². The molecule has 0 heterocycles. The van der Waals surface area contributed by atoms with Crippen LogP contribution in [0.5, 0.6) is 0 Å². The Morgan fingerprint density at radius 2 is 1.56 bits per heavy atom. The Hall–Kier alpha value is -0.820. The molecular weight excluding hydrogens is 194 g/mol. The average Bonchev–Trinajstić information content (AvgIpc) is 2.57. The van der Waals surface area contributed by atoms with E-state index in [1.165, 1.54) is 49.7 Å². The quantitative estimate of drug-likeness (QED) is 0.745. The van der Waals surface area contributed by atoms with Gasteiger partial charge in [0.25, 0.3) is 0 Å². The van der Waals surface area contributed by atoms with E-state index in [2.05, 4.69) is 31.2 Å². The van der Waals surface area contributed by atoms with Crippen molar-refractivity contribution in [3.8, 4) is 0 Å². The molecule has 1 aromatic carbocycles. The van der Waals surface area contributed by atoms with Gasteiger partial charge >= 0.3 is 0 Å². The molecule has 0 amide bonds. The highest BCUT2D eigenvalue weighted by Gasteiger charge is 2.20. The van der Waals surface area contributed by atoms with Gasteiger partial charge in [0, 0.05) is 6.04 Å². The van der Waals surface area contributed by atoms with Crippen molar-refractivity contribution in [2.45, 2.75) is 51.5 Å². The lowest BCUT2D eigenvalue weighted by atomic mass is 9.87. The van der Waals surface area contributed by atoms with Crippen LogP contribution in [0, 0.1) is 12.8 Å². The minimum atomic E-state index is 0.249. The number of benzene rings is 1. The zero-order chi connectivity index (χ0) is 11.4. The summed E-state index contributed by atoms with van der Waals surface area (Å²) in [5.74, 6) is 0.699. The maximum atomic E-state index is 6.39. The molecule has 1 unspecified atom stereocenters. The van der Waals surface area contributed by atoms with E-state index in [9.17, 15) is 0 Å². The fourth-order valence-electron chi connectivity index (χ4n) is 2.73. The van der Waals surface area contributed by atoms with Crippen molar-refractivity contribution in [1.29, 1.82) is 0 Å². The predicted octanol–water partition coefficient (Wildman–Crippen LogP) is 3.97. The predicted molar refractivity (Wildman–Crippen MR) is 69.3 cm³/mol. The van der Waals surface area contributed by atoms with Crippen molar-refractivity contribution in [2.24, 2.45) is 11.7 Å². The van der Waals surface area contributed by atoms with Crippen LogP contribution in [0.1, 0.15) is 55.7 Å². The molecule has 2 rings (SSSR count). The minimum Gasteiger partial charge on any atom is -0.324 e. The molecule has 0 bridgehead atoms. The van der Waals surface area contributed by atoms with Crippen LogP contribution in [-0.2, 0) is 0 Å².